The molecule has 2 aromatic heterocycles. The number of aliphatic hydroxyl groups excluding tert-OH is 1. The molecule has 0 aromatic carbocycles. The maximum absolute atomic E-state index is 16.6. The number of imidazole rings is 1. The second kappa shape index (κ2) is 16.2. The molecule has 272 valence electrons. The molecule has 1 aliphatic carbocycles. The summed E-state index contributed by atoms with van der Waals surface area (Å²) in [6.07, 6.45) is 4.36. The van der Waals surface area contributed by atoms with E-state index in [9.17, 15) is 19.3 Å². The molecule has 2 unspecified atom stereocenters. The molecular weight excluding hydrogens is 660 g/mol. The Morgan fingerprint density at radius 3 is 2.18 bits per heavy atom. The maximum Gasteiger partial charge on any atom is 0.342 e. The number of alkyl halides is 1. The first-order chi connectivity index (χ1) is 23.1. The van der Waals surface area contributed by atoms with Gasteiger partial charge < -0.3 is 29.2 Å². The van der Waals surface area contributed by atoms with E-state index < -0.39 is 62.4 Å². The quantitative estimate of drug-likeness (QED) is 0.0999. The van der Waals surface area contributed by atoms with Crippen molar-refractivity contribution in [1.82, 2.24) is 29.7 Å². The van der Waals surface area contributed by atoms with Gasteiger partial charge >= 0.3 is 19.6 Å². The van der Waals surface area contributed by atoms with Crippen LogP contribution in [0.1, 0.15) is 79.3 Å². The van der Waals surface area contributed by atoms with Crippen LogP contribution in [0.2, 0.25) is 0 Å². The van der Waals surface area contributed by atoms with Crippen molar-refractivity contribution < 1.29 is 42.4 Å². The van der Waals surface area contributed by atoms with Crippen LogP contribution in [0.4, 0.5) is 10.2 Å². The third kappa shape index (κ3) is 9.33. The van der Waals surface area contributed by atoms with Crippen LogP contribution in [0.5, 0.6) is 0 Å². The second-order valence-electron chi connectivity index (χ2n) is 13.2. The molecule has 0 spiro atoms. The predicted octanol–water partition coefficient (Wildman–Crippen LogP) is 3.57. The van der Waals surface area contributed by atoms with Crippen LogP contribution in [0.3, 0.4) is 0 Å². The summed E-state index contributed by atoms with van der Waals surface area (Å²) in [4.78, 5) is 39.2. The first kappa shape index (κ1) is 38.6. The van der Waals surface area contributed by atoms with Gasteiger partial charge in [0.15, 0.2) is 23.2 Å². The van der Waals surface area contributed by atoms with Gasteiger partial charge in [-0.15, -0.1) is 6.42 Å². The number of esters is 2. The molecular formula is C32H49FN7O8P. The fourth-order valence-corrected chi connectivity index (χ4v) is 7.38. The monoisotopic (exact) mass is 709 g/mol. The van der Waals surface area contributed by atoms with Gasteiger partial charge in [-0.25, -0.2) is 29.5 Å². The van der Waals surface area contributed by atoms with Gasteiger partial charge in [0.1, 0.15) is 30.1 Å². The smallest absolute Gasteiger partial charge is 0.342 e. The number of aromatic nitrogens is 4. The zero-order valence-corrected chi connectivity index (χ0v) is 30.0. The summed E-state index contributed by atoms with van der Waals surface area (Å²) in [6, 6.07) is -1.95. The van der Waals surface area contributed by atoms with Crippen LogP contribution in [-0.4, -0.2) is 92.4 Å². The number of nitrogens with one attached hydrogen (secondary N) is 3. The minimum atomic E-state index is -4.38. The highest BCUT2D eigenvalue weighted by atomic mass is 31.2. The van der Waals surface area contributed by atoms with Crippen LogP contribution in [0.15, 0.2) is 6.33 Å². The Kier molecular flexibility index (Phi) is 12.8. The molecule has 2 aliphatic rings. The van der Waals surface area contributed by atoms with Crippen LogP contribution < -0.4 is 15.5 Å². The summed E-state index contributed by atoms with van der Waals surface area (Å²) in [6.45, 7) is 11.9. The number of hydrogen-bond acceptors (Lipinski definition) is 12. The van der Waals surface area contributed by atoms with Crippen LogP contribution in [0, 0.1) is 31.1 Å². The maximum atomic E-state index is 16.6. The van der Waals surface area contributed by atoms with Crippen molar-refractivity contribution in [2.45, 2.75) is 116 Å². The van der Waals surface area contributed by atoms with E-state index in [0.29, 0.717) is 17.2 Å². The Balaban J connectivity index is 1.65. The number of aryl methyl sites for hydroxylation is 1. The minimum absolute atomic E-state index is 0.0344. The summed E-state index contributed by atoms with van der Waals surface area (Å²) >= 11 is 0. The highest BCUT2D eigenvalue weighted by Gasteiger charge is 2.58. The lowest BCUT2D eigenvalue weighted by molar-refractivity contribution is -0.146. The number of hydrogen-bond donors (Lipinski definition) is 4. The average Bonchev–Trinajstić information content (AvgIpc) is 3.69. The molecule has 1 saturated carbocycles. The Bertz CT molecular complexity index is 1530. The fourth-order valence-electron chi connectivity index (χ4n) is 5.56. The molecule has 4 N–H and O–H groups in total. The Morgan fingerprint density at radius 1 is 1.12 bits per heavy atom. The van der Waals surface area contributed by atoms with Crippen LogP contribution in [0.25, 0.3) is 11.2 Å². The summed E-state index contributed by atoms with van der Waals surface area (Å²) in [5.74, 6) is 1.49. The average molecular weight is 710 g/mol. The van der Waals surface area contributed by atoms with E-state index in [0.717, 1.165) is 12.8 Å². The van der Waals surface area contributed by atoms with Crippen molar-refractivity contribution in [2.24, 2.45) is 11.8 Å². The number of ether oxygens (including phenoxy) is 3. The van der Waals surface area contributed by atoms with Gasteiger partial charge in [-0.05, 0) is 58.3 Å². The number of rotatable bonds is 18. The summed E-state index contributed by atoms with van der Waals surface area (Å²) < 4.78 is 54.8. The summed E-state index contributed by atoms with van der Waals surface area (Å²) in [5.41, 5.74) is -2.18. The van der Waals surface area contributed by atoms with E-state index >= 15 is 4.39 Å². The summed E-state index contributed by atoms with van der Waals surface area (Å²) in [7, 11) is -4.38. The molecule has 49 heavy (non-hydrogen) atoms. The minimum Gasteiger partial charge on any atom is -0.465 e. The Labute approximate surface area is 286 Å². The second-order valence-corrected chi connectivity index (χ2v) is 15.1. The molecule has 0 bridgehead atoms. The largest absolute Gasteiger partial charge is 0.465 e. The van der Waals surface area contributed by atoms with E-state index in [1.165, 1.54) is 10.9 Å². The number of anilines is 1. The number of aliphatic hydroxyl groups is 1. The number of carbonyl (C=O) groups is 2. The summed E-state index contributed by atoms with van der Waals surface area (Å²) in [5, 5.41) is 20.0. The van der Waals surface area contributed by atoms with Crippen molar-refractivity contribution in [1.29, 1.82) is 0 Å². The van der Waals surface area contributed by atoms with Crippen molar-refractivity contribution in [3.8, 4) is 12.3 Å². The van der Waals surface area contributed by atoms with Gasteiger partial charge in [-0.1, -0.05) is 33.6 Å². The highest BCUT2D eigenvalue weighted by Crippen LogP contribution is 2.46. The molecule has 0 radical (unpaired) electrons. The molecule has 1 saturated heterocycles. The van der Waals surface area contributed by atoms with Gasteiger partial charge in [0.2, 0.25) is 5.67 Å². The molecule has 0 amide bonds. The molecule has 7 atom stereocenters. The van der Waals surface area contributed by atoms with Crippen molar-refractivity contribution in [3.05, 3.63) is 12.2 Å². The zero-order valence-electron chi connectivity index (χ0n) is 29.1. The third-order valence-corrected chi connectivity index (χ3v) is 9.82. The lowest BCUT2D eigenvalue weighted by Gasteiger charge is -2.30. The molecule has 2 fully saturated rings. The number of fused-ring (bicyclic) bond motifs is 1. The number of halogens is 1. The van der Waals surface area contributed by atoms with E-state index in [1.807, 2.05) is 33.6 Å². The van der Waals surface area contributed by atoms with Gasteiger partial charge in [0, 0.05) is 6.04 Å². The lowest BCUT2D eigenvalue weighted by Crippen LogP contribution is -2.46. The van der Waals surface area contributed by atoms with Gasteiger partial charge in [0.05, 0.1) is 26.1 Å². The zero-order chi connectivity index (χ0) is 36.1. The predicted molar refractivity (Wildman–Crippen MR) is 179 cm³/mol. The van der Waals surface area contributed by atoms with Gasteiger partial charge in [0.25, 0.3) is 0 Å². The molecule has 15 nitrogen and oxygen atoms in total. The van der Waals surface area contributed by atoms with Crippen molar-refractivity contribution >= 4 is 36.6 Å². The van der Waals surface area contributed by atoms with Gasteiger partial charge in [-0.2, -0.15) is 0 Å². The molecule has 2 aromatic rings. The number of carbonyl (C=O) groups excluding carboxylic acids is 2. The molecule has 17 heteroatoms. The van der Waals surface area contributed by atoms with E-state index in [4.69, 9.17) is 25.2 Å². The highest BCUT2D eigenvalue weighted by molar-refractivity contribution is 7.54. The first-order valence-electron chi connectivity index (χ1n) is 16.8. The van der Waals surface area contributed by atoms with Gasteiger partial charge in [-0.3, -0.25) is 18.7 Å². The Hall–Kier alpha value is -3.19. The fraction of sp³-hybridized carbons (Fsp3) is 0.719. The van der Waals surface area contributed by atoms with E-state index in [-0.39, 0.29) is 49.6 Å². The first-order valence-corrected chi connectivity index (χ1v) is 18.4. The van der Waals surface area contributed by atoms with Crippen LogP contribution >= 0.6 is 7.67 Å². The van der Waals surface area contributed by atoms with E-state index in [2.05, 4.69) is 30.4 Å². The van der Waals surface area contributed by atoms with Crippen molar-refractivity contribution in [2.75, 3.05) is 25.1 Å². The molecule has 3 heterocycles. The number of nitrogens with zero attached hydrogens (tertiary/aromatic N) is 4. The normalized spacial score (nSPS) is 24.8. The molecule has 4 rings (SSSR count). The SMILES string of the molecule is C#CC1(F)[C@@H](O)[C@@H](COP(=O)(N[C@@H](CC(C)C)C(=O)OCC)N[C@H](CC(C)C)C(=O)OCC)O[C@H]1n1cnc2c(NC3CC3)nc(C)nc21. The van der Waals surface area contributed by atoms with Crippen LogP contribution in [-0.2, 0) is 32.9 Å². The molecule has 1 aliphatic heterocycles. The topological polar surface area (TPSA) is 188 Å². The third-order valence-electron chi connectivity index (χ3n) is 8.00. The van der Waals surface area contributed by atoms with Crippen molar-refractivity contribution in [3.63, 3.8) is 0 Å². The standard InChI is InChI=1S/C32H49FN7O8P/c1-9-32(33)26(41)24(48-31(32)40-17-34-25-27(37-21-12-13-21)35-20(8)36-28(25)40)16-47-49(44,38-22(14-18(4)5)29(42)45-10-2)39-23(15-19(6)7)30(43)46-11-3/h1,17-19,21-24,26,31,41H,10-16H2,2-8H3,(H,35,36,37)(H2,38,39,44)/t22-,23+,24-,26+,31-,32?,49?/m1/s1. The number of terminal acetylenes is 1. The Morgan fingerprint density at radius 2 is 1.69 bits per heavy atom. The van der Waals surface area contributed by atoms with E-state index in [1.54, 1.807) is 20.8 Å². The lowest BCUT2D eigenvalue weighted by atomic mass is 9.97.